The molecule has 1 fully saturated rings. The Morgan fingerprint density at radius 3 is 2.86 bits per heavy atom. The minimum atomic E-state index is -0.114. The zero-order valence-electron chi connectivity index (χ0n) is 16.7. The van der Waals surface area contributed by atoms with Crippen LogP contribution in [0.4, 0.5) is 0 Å². The van der Waals surface area contributed by atoms with Crippen molar-refractivity contribution in [2.75, 3.05) is 32.8 Å². The number of ether oxygens (including phenoxy) is 1. The standard InChI is InChI=1S/C23H30N2O3/c1-2-28-15-7-13-24-23(27)20-11-6-14-25(17-20)22(26)16-19-10-5-9-18-8-3-4-12-21(18)19/h3-5,8-10,12,20H,2,6-7,11,13-17H2,1H3,(H,24,27)/t20-/m0/s1. The molecule has 2 aromatic rings. The van der Waals surface area contributed by atoms with E-state index in [0.717, 1.165) is 42.1 Å². The van der Waals surface area contributed by atoms with E-state index in [4.69, 9.17) is 4.74 Å². The van der Waals surface area contributed by atoms with Gasteiger partial charge in [-0.25, -0.2) is 0 Å². The van der Waals surface area contributed by atoms with Crippen LogP contribution < -0.4 is 5.32 Å². The first-order chi connectivity index (χ1) is 13.7. The van der Waals surface area contributed by atoms with Crippen molar-refractivity contribution in [2.24, 2.45) is 5.92 Å². The molecule has 1 aliphatic heterocycles. The Bertz CT molecular complexity index is 800. The fourth-order valence-electron chi connectivity index (χ4n) is 3.81. The van der Waals surface area contributed by atoms with Gasteiger partial charge in [0.2, 0.25) is 11.8 Å². The predicted molar refractivity (Wildman–Crippen MR) is 111 cm³/mol. The Morgan fingerprint density at radius 2 is 2.00 bits per heavy atom. The average Bonchev–Trinajstić information content (AvgIpc) is 2.74. The fraction of sp³-hybridized carbons (Fsp3) is 0.478. The fourth-order valence-corrected chi connectivity index (χ4v) is 3.81. The zero-order valence-corrected chi connectivity index (χ0v) is 16.7. The lowest BCUT2D eigenvalue weighted by atomic mass is 9.96. The number of rotatable bonds is 8. The van der Waals surface area contributed by atoms with Crippen molar-refractivity contribution in [2.45, 2.75) is 32.6 Å². The number of piperidine rings is 1. The van der Waals surface area contributed by atoms with Gasteiger partial charge in [0.15, 0.2) is 0 Å². The maximum atomic E-state index is 12.9. The Morgan fingerprint density at radius 1 is 1.18 bits per heavy atom. The summed E-state index contributed by atoms with van der Waals surface area (Å²) in [5, 5.41) is 5.26. The number of carbonyl (C=O) groups excluding carboxylic acids is 2. The molecule has 28 heavy (non-hydrogen) atoms. The molecule has 0 aromatic heterocycles. The van der Waals surface area contributed by atoms with Crippen LogP contribution in [0.25, 0.3) is 10.8 Å². The first kappa shape index (κ1) is 20.3. The highest BCUT2D eigenvalue weighted by atomic mass is 16.5. The lowest BCUT2D eigenvalue weighted by molar-refractivity contribution is -0.135. The van der Waals surface area contributed by atoms with Crippen molar-refractivity contribution in [3.8, 4) is 0 Å². The highest BCUT2D eigenvalue weighted by Gasteiger charge is 2.28. The number of fused-ring (bicyclic) bond motifs is 1. The largest absolute Gasteiger partial charge is 0.382 e. The summed E-state index contributed by atoms with van der Waals surface area (Å²) in [7, 11) is 0. The summed E-state index contributed by atoms with van der Waals surface area (Å²) < 4.78 is 5.29. The van der Waals surface area contributed by atoms with Crippen molar-refractivity contribution in [1.29, 1.82) is 0 Å². The highest BCUT2D eigenvalue weighted by molar-refractivity contribution is 5.90. The summed E-state index contributed by atoms with van der Waals surface area (Å²) in [6, 6.07) is 14.2. The second kappa shape index (κ2) is 10.2. The summed E-state index contributed by atoms with van der Waals surface area (Å²) in [5.41, 5.74) is 1.05. The smallest absolute Gasteiger partial charge is 0.227 e. The monoisotopic (exact) mass is 382 g/mol. The van der Waals surface area contributed by atoms with E-state index in [1.54, 1.807) is 0 Å². The number of hydrogen-bond acceptors (Lipinski definition) is 3. The summed E-state index contributed by atoms with van der Waals surface area (Å²) in [4.78, 5) is 27.2. The van der Waals surface area contributed by atoms with Gasteiger partial charge in [0.25, 0.3) is 0 Å². The molecule has 2 aromatic carbocycles. The van der Waals surface area contributed by atoms with Crippen LogP contribution in [0.5, 0.6) is 0 Å². The Kier molecular flexibility index (Phi) is 7.43. The first-order valence-corrected chi connectivity index (χ1v) is 10.3. The molecule has 1 saturated heterocycles. The molecule has 0 aliphatic carbocycles. The second-order valence-corrected chi connectivity index (χ2v) is 7.34. The molecule has 1 N–H and O–H groups in total. The van der Waals surface area contributed by atoms with Crippen LogP contribution in [0.15, 0.2) is 42.5 Å². The quantitative estimate of drug-likeness (QED) is 0.714. The van der Waals surface area contributed by atoms with Gasteiger partial charge in [0, 0.05) is 32.8 Å². The average molecular weight is 383 g/mol. The number of amides is 2. The number of nitrogens with zero attached hydrogens (tertiary/aromatic N) is 1. The van der Waals surface area contributed by atoms with Crippen molar-refractivity contribution < 1.29 is 14.3 Å². The maximum absolute atomic E-state index is 12.9. The minimum absolute atomic E-state index is 0.0548. The molecule has 1 atom stereocenters. The van der Waals surface area contributed by atoms with Crippen LogP contribution in [-0.4, -0.2) is 49.6 Å². The normalized spacial score (nSPS) is 16.9. The third kappa shape index (κ3) is 5.32. The molecular formula is C23H30N2O3. The Labute approximate surface area is 167 Å². The summed E-state index contributed by atoms with van der Waals surface area (Å²) >= 11 is 0. The van der Waals surface area contributed by atoms with E-state index in [9.17, 15) is 9.59 Å². The zero-order chi connectivity index (χ0) is 19.8. The SMILES string of the molecule is CCOCCCNC(=O)[C@H]1CCCN(C(=O)Cc2cccc3ccccc23)C1. The van der Waals surface area contributed by atoms with Crippen LogP contribution >= 0.6 is 0 Å². The molecule has 150 valence electrons. The number of carbonyl (C=O) groups is 2. The van der Waals surface area contributed by atoms with Crippen molar-refractivity contribution >= 4 is 22.6 Å². The predicted octanol–water partition coefficient (Wildman–Crippen LogP) is 3.16. The van der Waals surface area contributed by atoms with Gasteiger partial charge in [-0.15, -0.1) is 0 Å². The van der Waals surface area contributed by atoms with Gasteiger partial charge >= 0.3 is 0 Å². The molecule has 3 rings (SSSR count). The van der Waals surface area contributed by atoms with E-state index in [0.29, 0.717) is 32.7 Å². The molecule has 0 bridgehead atoms. The molecular weight excluding hydrogens is 352 g/mol. The number of hydrogen-bond donors (Lipinski definition) is 1. The first-order valence-electron chi connectivity index (χ1n) is 10.3. The number of benzene rings is 2. The lowest BCUT2D eigenvalue weighted by Gasteiger charge is -2.32. The van der Waals surface area contributed by atoms with Gasteiger partial charge < -0.3 is 15.0 Å². The van der Waals surface area contributed by atoms with Gasteiger partial charge in [0.05, 0.1) is 12.3 Å². The molecule has 0 radical (unpaired) electrons. The molecule has 0 spiro atoms. The van der Waals surface area contributed by atoms with E-state index in [1.807, 2.05) is 36.1 Å². The molecule has 2 amide bonds. The molecule has 1 aliphatic rings. The Balaban J connectivity index is 1.54. The number of nitrogens with one attached hydrogen (secondary N) is 1. The molecule has 5 nitrogen and oxygen atoms in total. The molecule has 1 heterocycles. The van der Waals surface area contributed by atoms with Crippen molar-refractivity contribution in [3.05, 3.63) is 48.0 Å². The Hall–Kier alpha value is -2.40. The summed E-state index contributed by atoms with van der Waals surface area (Å²) in [5.74, 6) is 0.0432. The summed E-state index contributed by atoms with van der Waals surface area (Å²) in [6.45, 7) is 5.20. The van der Waals surface area contributed by atoms with Crippen LogP contribution in [0.3, 0.4) is 0 Å². The van der Waals surface area contributed by atoms with Crippen LogP contribution in [0, 0.1) is 5.92 Å². The summed E-state index contributed by atoms with van der Waals surface area (Å²) in [6.07, 6.45) is 2.91. The molecule has 5 heteroatoms. The van der Waals surface area contributed by atoms with E-state index in [-0.39, 0.29) is 17.7 Å². The van der Waals surface area contributed by atoms with E-state index in [2.05, 4.69) is 23.5 Å². The highest BCUT2D eigenvalue weighted by Crippen LogP contribution is 2.22. The lowest BCUT2D eigenvalue weighted by Crippen LogP contribution is -2.46. The van der Waals surface area contributed by atoms with E-state index >= 15 is 0 Å². The van der Waals surface area contributed by atoms with E-state index in [1.165, 1.54) is 0 Å². The van der Waals surface area contributed by atoms with Crippen LogP contribution in [-0.2, 0) is 20.7 Å². The molecule has 0 saturated carbocycles. The minimum Gasteiger partial charge on any atom is -0.382 e. The third-order valence-electron chi connectivity index (χ3n) is 5.34. The van der Waals surface area contributed by atoms with Gasteiger partial charge in [-0.05, 0) is 42.5 Å². The second-order valence-electron chi connectivity index (χ2n) is 7.34. The van der Waals surface area contributed by atoms with Gasteiger partial charge in [-0.2, -0.15) is 0 Å². The number of likely N-dealkylation sites (tertiary alicyclic amines) is 1. The third-order valence-corrected chi connectivity index (χ3v) is 5.34. The van der Waals surface area contributed by atoms with Crippen LogP contribution in [0.1, 0.15) is 31.7 Å². The van der Waals surface area contributed by atoms with E-state index < -0.39 is 0 Å². The van der Waals surface area contributed by atoms with Gasteiger partial charge in [-0.1, -0.05) is 42.5 Å². The van der Waals surface area contributed by atoms with Gasteiger partial charge in [0.1, 0.15) is 0 Å². The van der Waals surface area contributed by atoms with Crippen molar-refractivity contribution in [1.82, 2.24) is 10.2 Å². The maximum Gasteiger partial charge on any atom is 0.227 e. The van der Waals surface area contributed by atoms with Crippen LogP contribution in [0.2, 0.25) is 0 Å². The van der Waals surface area contributed by atoms with Gasteiger partial charge in [-0.3, -0.25) is 9.59 Å². The molecule has 0 unspecified atom stereocenters. The topological polar surface area (TPSA) is 58.6 Å². The van der Waals surface area contributed by atoms with Crippen molar-refractivity contribution in [3.63, 3.8) is 0 Å².